The Kier molecular flexibility index (Phi) is 4.84. The summed E-state index contributed by atoms with van der Waals surface area (Å²) in [5.74, 6) is 0.453. The third-order valence-corrected chi connectivity index (χ3v) is 2.98. The minimum atomic E-state index is -0.915. The van der Waals surface area contributed by atoms with Crippen LogP contribution in [0.1, 0.15) is 19.3 Å². The molecule has 0 aromatic rings. The molecule has 0 bridgehead atoms. The molecule has 1 aliphatic rings. The number of amides is 1. The third-order valence-electron chi connectivity index (χ3n) is 2.98. The highest BCUT2D eigenvalue weighted by atomic mass is 16.5. The zero-order valence-electron chi connectivity index (χ0n) is 9.19. The van der Waals surface area contributed by atoms with Gasteiger partial charge in [0, 0.05) is 32.8 Å². The van der Waals surface area contributed by atoms with Crippen molar-refractivity contribution in [2.75, 3.05) is 26.8 Å². The minimum absolute atomic E-state index is 0.0887. The highest BCUT2D eigenvalue weighted by molar-refractivity contribution is 5.64. The number of rotatable bonds is 4. The Hall–Kier alpha value is -0.810. The fraction of sp³-hybridized carbons (Fsp3) is 0.900. The maximum absolute atomic E-state index is 10.8. The molecule has 5 nitrogen and oxygen atoms in total. The van der Waals surface area contributed by atoms with Gasteiger partial charge in [-0.2, -0.15) is 0 Å². The zero-order chi connectivity index (χ0) is 11.3. The topological polar surface area (TPSA) is 75.8 Å². The first-order valence-electron chi connectivity index (χ1n) is 5.38. The van der Waals surface area contributed by atoms with Crippen molar-refractivity contribution in [2.24, 2.45) is 11.7 Å². The number of carboxylic acid groups (broad SMARTS) is 1. The summed E-state index contributed by atoms with van der Waals surface area (Å²) >= 11 is 0. The van der Waals surface area contributed by atoms with Gasteiger partial charge in [0.2, 0.25) is 0 Å². The Morgan fingerprint density at radius 1 is 1.73 bits per heavy atom. The summed E-state index contributed by atoms with van der Waals surface area (Å²) in [5.41, 5.74) is 5.58. The van der Waals surface area contributed by atoms with Gasteiger partial charge >= 0.3 is 6.09 Å². The Labute approximate surface area is 90.2 Å². The fourth-order valence-electron chi connectivity index (χ4n) is 1.95. The fourth-order valence-corrected chi connectivity index (χ4v) is 1.95. The summed E-state index contributed by atoms with van der Waals surface area (Å²) in [7, 11) is 1.57. The summed E-state index contributed by atoms with van der Waals surface area (Å²) < 4.78 is 5.36. The van der Waals surface area contributed by atoms with E-state index >= 15 is 0 Å². The highest BCUT2D eigenvalue weighted by Gasteiger charge is 2.23. The van der Waals surface area contributed by atoms with E-state index in [0.29, 0.717) is 12.5 Å². The van der Waals surface area contributed by atoms with Gasteiger partial charge in [-0.3, -0.25) is 0 Å². The van der Waals surface area contributed by atoms with Crippen molar-refractivity contribution in [2.45, 2.75) is 25.3 Å². The molecule has 2 atom stereocenters. The van der Waals surface area contributed by atoms with E-state index in [4.69, 9.17) is 15.6 Å². The van der Waals surface area contributed by atoms with E-state index in [0.717, 1.165) is 32.5 Å². The summed E-state index contributed by atoms with van der Waals surface area (Å²) in [6.07, 6.45) is 2.07. The molecule has 0 spiro atoms. The summed E-state index contributed by atoms with van der Waals surface area (Å²) in [4.78, 5) is 12.1. The third kappa shape index (κ3) is 3.68. The summed E-state index contributed by atoms with van der Waals surface area (Å²) in [6.45, 7) is 1.95. The molecule has 1 amide bonds. The van der Waals surface area contributed by atoms with Gasteiger partial charge in [0.15, 0.2) is 0 Å². The standard InChI is InChI=1S/C10H20N2O3/c1-12(10(13)14)9(6-11)5-8-3-2-4-15-7-8/h8-9H,2-7,11H2,1H3,(H,13,14)/t8-,9-/m1/s1. The van der Waals surface area contributed by atoms with Gasteiger partial charge in [0.05, 0.1) is 0 Å². The number of hydrogen-bond acceptors (Lipinski definition) is 3. The largest absolute Gasteiger partial charge is 0.465 e. The van der Waals surface area contributed by atoms with Crippen LogP contribution in [0.5, 0.6) is 0 Å². The molecule has 0 unspecified atom stereocenters. The number of carbonyl (C=O) groups is 1. The molecular formula is C10H20N2O3. The van der Waals surface area contributed by atoms with Crippen LogP contribution in [0.4, 0.5) is 4.79 Å². The molecule has 1 fully saturated rings. The second-order valence-electron chi connectivity index (χ2n) is 4.10. The first kappa shape index (κ1) is 12.3. The Bertz CT molecular complexity index is 205. The molecule has 0 aromatic carbocycles. The smallest absolute Gasteiger partial charge is 0.407 e. The molecule has 0 saturated carbocycles. The molecule has 1 heterocycles. The van der Waals surface area contributed by atoms with Crippen LogP contribution in [0.25, 0.3) is 0 Å². The molecule has 0 aliphatic carbocycles. The first-order chi connectivity index (χ1) is 7.15. The van der Waals surface area contributed by atoms with Crippen LogP contribution in [0.3, 0.4) is 0 Å². The normalized spacial score (nSPS) is 23.5. The molecule has 5 heteroatoms. The van der Waals surface area contributed by atoms with Gasteiger partial charge in [-0.25, -0.2) is 4.79 Å². The summed E-state index contributed by atoms with van der Waals surface area (Å²) in [5, 5.41) is 8.85. The first-order valence-corrected chi connectivity index (χ1v) is 5.38. The van der Waals surface area contributed by atoms with Gasteiger partial charge in [-0.05, 0) is 25.2 Å². The number of nitrogens with two attached hydrogens (primary N) is 1. The van der Waals surface area contributed by atoms with Gasteiger partial charge in [-0.15, -0.1) is 0 Å². The Morgan fingerprint density at radius 2 is 2.47 bits per heavy atom. The molecular weight excluding hydrogens is 196 g/mol. The van der Waals surface area contributed by atoms with Crippen LogP contribution in [-0.4, -0.2) is 48.9 Å². The molecule has 88 valence electrons. The van der Waals surface area contributed by atoms with Crippen molar-refractivity contribution in [3.05, 3.63) is 0 Å². The molecule has 0 radical (unpaired) electrons. The van der Waals surface area contributed by atoms with E-state index < -0.39 is 6.09 Å². The number of nitrogens with zero attached hydrogens (tertiary/aromatic N) is 1. The van der Waals surface area contributed by atoms with E-state index in [1.54, 1.807) is 7.05 Å². The molecule has 1 saturated heterocycles. The van der Waals surface area contributed by atoms with Gasteiger partial charge in [0.1, 0.15) is 0 Å². The van der Waals surface area contributed by atoms with Crippen molar-refractivity contribution < 1.29 is 14.6 Å². The number of ether oxygens (including phenoxy) is 1. The maximum Gasteiger partial charge on any atom is 0.407 e. The van der Waals surface area contributed by atoms with Gasteiger partial charge < -0.3 is 20.5 Å². The SMILES string of the molecule is CN(C(=O)O)[C@@H](CN)C[C@H]1CCCOC1. The van der Waals surface area contributed by atoms with Gasteiger partial charge in [-0.1, -0.05) is 0 Å². The van der Waals surface area contributed by atoms with Crippen molar-refractivity contribution in [3.8, 4) is 0 Å². The second-order valence-corrected chi connectivity index (χ2v) is 4.10. The minimum Gasteiger partial charge on any atom is -0.465 e. The predicted octanol–water partition coefficient (Wildman–Crippen LogP) is 0.740. The molecule has 1 aliphatic heterocycles. The average Bonchev–Trinajstić information content (AvgIpc) is 2.26. The van der Waals surface area contributed by atoms with Crippen molar-refractivity contribution in [1.82, 2.24) is 4.90 Å². The van der Waals surface area contributed by atoms with Gasteiger partial charge in [0.25, 0.3) is 0 Å². The van der Waals surface area contributed by atoms with E-state index in [1.165, 1.54) is 4.90 Å². The second kappa shape index (κ2) is 5.92. The lowest BCUT2D eigenvalue weighted by molar-refractivity contribution is 0.0405. The van der Waals surface area contributed by atoms with Crippen molar-refractivity contribution >= 4 is 6.09 Å². The Balaban J connectivity index is 2.41. The van der Waals surface area contributed by atoms with Crippen molar-refractivity contribution in [1.29, 1.82) is 0 Å². The van der Waals surface area contributed by atoms with Crippen LogP contribution >= 0.6 is 0 Å². The number of likely N-dealkylation sites (N-methyl/N-ethyl adjacent to an activating group) is 1. The zero-order valence-corrected chi connectivity index (χ0v) is 9.19. The van der Waals surface area contributed by atoms with E-state index in [-0.39, 0.29) is 6.04 Å². The highest BCUT2D eigenvalue weighted by Crippen LogP contribution is 2.20. The lowest BCUT2D eigenvalue weighted by atomic mass is 9.94. The van der Waals surface area contributed by atoms with Crippen LogP contribution in [0.2, 0.25) is 0 Å². The van der Waals surface area contributed by atoms with Crippen LogP contribution < -0.4 is 5.73 Å². The Morgan fingerprint density at radius 3 is 2.93 bits per heavy atom. The van der Waals surface area contributed by atoms with Crippen molar-refractivity contribution in [3.63, 3.8) is 0 Å². The van der Waals surface area contributed by atoms with E-state index in [1.807, 2.05) is 0 Å². The quantitative estimate of drug-likeness (QED) is 0.726. The molecule has 3 N–H and O–H groups in total. The molecule has 15 heavy (non-hydrogen) atoms. The monoisotopic (exact) mass is 216 g/mol. The predicted molar refractivity (Wildman–Crippen MR) is 56.8 cm³/mol. The number of hydrogen-bond donors (Lipinski definition) is 2. The molecule has 1 rings (SSSR count). The molecule has 0 aromatic heterocycles. The lowest BCUT2D eigenvalue weighted by Gasteiger charge is -2.30. The lowest BCUT2D eigenvalue weighted by Crippen LogP contribution is -2.43. The van der Waals surface area contributed by atoms with Crippen LogP contribution in [0.15, 0.2) is 0 Å². The van der Waals surface area contributed by atoms with Crippen LogP contribution in [-0.2, 0) is 4.74 Å². The summed E-state index contributed by atoms with van der Waals surface area (Å²) in [6, 6.07) is -0.0887. The van der Waals surface area contributed by atoms with Crippen LogP contribution in [0, 0.1) is 5.92 Å². The maximum atomic E-state index is 10.8. The van der Waals surface area contributed by atoms with E-state index in [9.17, 15) is 4.79 Å². The average molecular weight is 216 g/mol. The van der Waals surface area contributed by atoms with E-state index in [2.05, 4.69) is 0 Å².